The summed E-state index contributed by atoms with van der Waals surface area (Å²) in [5.41, 5.74) is 6.93. The van der Waals surface area contributed by atoms with Gasteiger partial charge in [0.25, 0.3) is 0 Å². The summed E-state index contributed by atoms with van der Waals surface area (Å²) in [4.78, 5) is 16.3. The van der Waals surface area contributed by atoms with E-state index in [1.165, 1.54) is 18.1 Å². The number of aromatic amines is 1. The Morgan fingerprint density at radius 1 is 1.22 bits per heavy atom. The second kappa shape index (κ2) is 4.47. The summed E-state index contributed by atoms with van der Waals surface area (Å²) in [6.45, 7) is 0. The molecule has 2 aromatic heterocycles. The number of hydrogen-bond acceptors (Lipinski definition) is 5. The number of nitrogen functional groups attached to an aromatic ring is 1. The number of halogens is 1. The van der Waals surface area contributed by atoms with Crippen molar-refractivity contribution in [1.82, 2.24) is 19.9 Å². The minimum absolute atomic E-state index is 0.388. The van der Waals surface area contributed by atoms with Gasteiger partial charge in [0.2, 0.25) is 0 Å². The van der Waals surface area contributed by atoms with Crippen LogP contribution in [0.4, 0.5) is 5.82 Å². The normalized spacial score (nSPS) is 10.9. The lowest BCUT2D eigenvalue weighted by molar-refractivity contribution is 1.07. The first-order chi connectivity index (χ1) is 8.74. The van der Waals surface area contributed by atoms with Crippen molar-refractivity contribution in [3.8, 4) is 0 Å². The third-order valence-electron chi connectivity index (χ3n) is 2.34. The molecular weight excluding hydrogens is 270 g/mol. The zero-order valence-corrected chi connectivity index (χ0v) is 10.7. The van der Waals surface area contributed by atoms with Gasteiger partial charge in [-0.1, -0.05) is 35.5 Å². The molecule has 0 atom stereocenters. The lowest BCUT2D eigenvalue weighted by Crippen LogP contribution is -1.91. The Balaban J connectivity index is 2.01. The Morgan fingerprint density at radius 3 is 2.83 bits per heavy atom. The molecule has 0 aliphatic carbocycles. The van der Waals surface area contributed by atoms with Gasteiger partial charge < -0.3 is 10.7 Å². The standard InChI is InChI=1S/C11H8ClN5S/c12-6-3-1-2-4-7(6)18-11-16-8-9(13)14-5-15-10(8)17-11/h1-5H,(H3,13,14,15,16,17). The van der Waals surface area contributed by atoms with E-state index in [2.05, 4.69) is 19.9 Å². The van der Waals surface area contributed by atoms with Gasteiger partial charge in [-0.25, -0.2) is 15.0 Å². The van der Waals surface area contributed by atoms with Crippen molar-refractivity contribution >= 4 is 40.3 Å². The van der Waals surface area contributed by atoms with E-state index in [9.17, 15) is 0 Å². The maximum absolute atomic E-state index is 6.09. The molecule has 7 heteroatoms. The zero-order chi connectivity index (χ0) is 12.5. The fourth-order valence-electron chi connectivity index (χ4n) is 1.51. The molecule has 3 rings (SSSR count). The molecule has 0 aliphatic rings. The quantitative estimate of drug-likeness (QED) is 0.753. The summed E-state index contributed by atoms with van der Waals surface area (Å²) in [5, 5.41) is 1.37. The average Bonchev–Trinajstić information content (AvgIpc) is 2.76. The highest BCUT2D eigenvalue weighted by Gasteiger charge is 2.09. The van der Waals surface area contributed by atoms with Gasteiger partial charge in [-0.2, -0.15) is 0 Å². The molecule has 0 unspecified atom stereocenters. The molecule has 3 N–H and O–H groups in total. The molecule has 1 aromatic carbocycles. The summed E-state index contributed by atoms with van der Waals surface area (Å²) in [7, 11) is 0. The summed E-state index contributed by atoms with van der Waals surface area (Å²) in [5.74, 6) is 0.388. The van der Waals surface area contributed by atoms with Crippen LogP contribution in [0.1, 0.15) is 0 Å². The number of H-pyrrole nitrogens is 1. The van der Waals surface area contributed by atoms with Crippen LogP contribution in [0.15, 0.2) is 40.6 Å². The Morgan fingerprint density at radius 2 is 2.06 bits per heavy atom. The number of imidazole rings is 1. The molecule has 3 aromatic rings. The van der Waals surface area contributed by atoms with Crippen molar-refractivity contribution in [3.63, 3.8) is 0 Å². The molecule has 0 spiro atoms. The zero-order valence-electron chi connectivity index (χ0n) is 9.09. The van der Waals surface area contributed by atoms with Crippen LogP contribution >= 0.6 is 23.4 Å². The second-order valence-corrected chi connectivity index (χ2v) is 4.97. The topological polar surface area (TPSA) is 80.5 Å². The summed E-state index contributed by atoms with van der Waals surface area (Å²) in [6, 6.07) is 7.56. The van der Waals surface area contributed by atoms with Crippen molar-refractivity contribution in [2.45, 2.75) is 10.1 Å². The maximum atomic E-state index is 6.09. The number of nitrogens with one attached hydrogen (secondary N) is 1. The number of benzene rings is 1. The van der Waals surface area contributed by atoms with E-state index in [0.717, 1.165) is 4.90 Å². The highest BCUT2D eigenvalue weighted by atomic mass is 35.5. The number of rotatable bonds is 2. The minimum Gasteiger partial charge on any atom is -0.382 e. The van der Waals surface area contributed by atoms with Gasteiger partial charge in [0.15, 0.2) is 16.6 Å². The van der Waals surface area contributed by atoms with Crippen molar-refractivity contribution < 1.29 is 0 Å². The molecule has 18 heavy (non-hydrogen) atoms. The van der Waals surface area contributed by atoms with Crippen molar-refractivity contribution in [2.24, 2.45) is 0 Å². The molecule has 5 nitrogen and oxygen atoms in total. The largest absolute Gasteiger partial charge is 0.382 e. The molecule has 0 fully saturated rings. The molecule has 0 aliphatic heterocycles. The summed E-state index contributed by atoms with van der Waals surface area (Å²) in [6.07, 6.45) is 1.39. The van der Waals surface area contributed by atoms with Crippen LogP contribution in [0.3, 0.4) is 0 Å². The van der Waals surface area contributed by atoms with E-state index in [1.807, 2.05) is 24.3 Å². The first kappa shape index (κ1) is 11.3. The van der Waals surface area contributed by atoms with E-state index in [1.54, 1.807) is 0 Å². The Hall–Kier alpha value is -1.79. The highest BCUT2D eigenvalue weighted by Crippen LogP contribution is 2.32. The molecule has 0 saturated heterocycles. The van der Waals surface area contributed by atoms with Gasteiger partial charge in [0, 0.05) is 4.90 Å². The van der Waals surface area contributed by atoms with Crippen molar-refractivity contribution in [3.05, 3.63) is 35.6 Å². The third kappa shape index (κ3) is 2.00. The van der Waals surface area contributed by atoms with E-state index in [0.29, 0.717) is 27.2 Å². The molecule has 0 radical (unpaired) electrons. The first-order valence-electron chi connectivity index (χ1n) is 5.12. The lowest BCUT2D eigenvalue weighted by Gasteiger charge is -1.99. The van der Waals surface area contributed by atoms with Gasteiger partial charge in [0.1, 0.15) is 11.8 Å². The minimum atomic E-state index is 0.388. The van der Waals surface area contributed by atoms with Gasteiger partial charge in [0.05, 0.1) is 5.02 Å². The Bertz CT molecular complexity index is 711. The smallest absolute Gasteiger partial charge is 0.183 e. The van der Waals surface area contributed by atoms with Crippen molar-refractivity contribution in [1.29, 1.82) is 0 Å². The second-order valence-electron chi connectivity index (χ2n) is 3.53. The van der Waals surface area contributed by atoms with E-state index >= 15 is 0 Å². The number of fused-ring (bicyclic) bond motifs is 1. The fourth-order valence-corrected chi connectivity index (χ4v) is 2.56. The SMILES string of the molecule is Nc1ncnc2nc(Sc3ccccc3Cl)[nH]c12. The predicted molar refractivity (Wildman–Crippen MR) is 71.7 cm³/mol. The Labute approximate surface area is 112 Å². The van der Waals surface area contributed by atoms with Crippen LogP contribution in [-0.2, 0) is 0 Å². The van der Waals surface area contributed by atoms with Crippen LogP contribution in [0.2, 0.25) is 5.02 Å². The van der Waals surface area contributed by atoms with Crippen molar-refractivity contribution in [2.75, 3.05) is 5.73 Å². The van der Waals surface area contributed by atoms with Gasteiger partial charge in [-0.15, -0.1) is 0 Å². The molecule has 0 amide bonds. The number of nitrogens with zero attached hydrogens (tertiary/aromatic N) is 3. The lowest BCUT2D eigenvalue weighted by atomic mass is 10.4. The fraction of sp³-hybridized carbons (Fsp3) is 0. The van der Waals surface area contributed by atoms with Crippen LogP contribution in [0, 0.1) is 0 Å². The van der Waals surface area contributed by atoms with E-state index < -0.39 is 0 Å². The highest BCUT2D eigenvalue weighted by molar-refractivity contribution is 7.99. The van der Waals surface area contributed by atoms with Crippen LogP contribution in [0.5, 0.6) is 0 Å². The first-order valence-corrected chi connectivity index (χ1v) is 6.32. The Kier molecular flexibility index (Phi) is 2.81. The molecular formula is C11H8ClN5S. The van der Waals surface area contributed by atoms with Crippen LogP contribution < -0.4 is 5.73 Å². The predicted octanol–water partition coefficient (Wildman–Crippen LogP) is 2.74. The van der Waals surface area contributed by atoms with E-state index in [-0.39, 0.29) is 0 Å². The van der Waals surface area contributed by atoms with Crippen LogP contribution in [-0.4, -0.2) is 19.9 Å². The van der Waals surface area contributed by atoms with Gasteiger partial charge >= 0.3 is 0 Å². The van der Waals surface area contributed by atoms with Gasteiger partial charge in [-0.3, -0.25) is 0 Å². The maximum Gasteiger partial charge on any atom is 0.183 e. The van der Waals surface area contributed by atoms with E-state index in [4.69, 9.17) is 17.3 Å². The molecule has 90 valence electrons. The molecule has 2 heterocycles. The number of hydrogen-bond donors (Lipinski definition) is 2. The number of aromatic nitrogens is 4. The number of nitrogens with two attached hydrogens (primary N) is 1. The van der Waals surface area contributed by atoms with Crippen LogP contribution in [0.25, 0.3) is 11.2 Å². The summed E-state index contributed by atoms with van der Waals surface area (Å²) < 4.78 is 0. The number of anilines is 1. The third-order valence-corrected chi connectivity index (χ3v) is 3.74. The molecule has 0 bridgehead atoms. The van der Waals surface area contributed by atoms with Gasteiger partial charge in [-0.05, 0) is 12.1 Å². The molecule has 0 saturated carbocycles. The monoisotopic (exact) mass is 277 g/mol. The average molecular weight is 278 g/mol. The summed E-state index contributed by atoms with van der Waals surface area (Å²) >= 11 is 7.52.